The molecule has 0 fully saturated rings. The molecule has 0 aliphatic heterocycles. The molecule has 0 N–H and O–H groups in total. The minimum absolute atomic E-state index is 0.109. The van der Waals surface area contributed by atoms with Crippen molar-refractivity contribution in [3.05, 3.63) is 0 Å². The molecule has 0 saturated carbocycles. The van der Waals surface area contributed by atoms with E-state index in [-0.39, 0.29) is 34.0 Å². The molecule has 0 aliphatic rings. The molecule has 0 aromatic carbocycles. The van der Waals surface area contributed by atoms with Gasteiger partial charge in [-0.25, -0.2) is 0 Å². The van der Waals surface area contributed by atoms with Crippen LogP contribution in [0.1, 0.15) is 92.9 Å². The van der Waals surface area contributed by atoms with Crippen LogP contribution in [-0.2, 0) is 33.4 Å². The van der Waals surface area contributed by atoms with Gasteiger partial charge in [-0.3, -0.25) is 19.2 Å². The number of hydrogen-bond acceptors (Lipinski definition) is 7. The normalized spacial score (nSPS) is 12.1. The van der Waals surface area contributed by atoms with Crippen molar-refractivity contribution in [3.8, 4) is 0 Å². The van der Waals surface area contributed by atoms with Crippen molar-refractivity contribution in [1.82, 2.24) is 0 Å². The quantitative estimate of drug-likeness (QED) is 0.241. The minimum Gasteiger partial charge on any atom is -0.381 e. The van der Waals surface area contributed by atoms with Crippen LogP contribution in [0.15, 0.2) is 0 Å². The minimum atomic E-state index is -0.340. The third-order valence-electron chi connectivity index (χ3n) is 5.16. The van der Waals surface area contributed by atoms with Gasteiger partial charge in [0, 0.05) is 62.6 Å². The lowest BCUT2D eigenvalue weighted by atomic mass is 9.89. The van der Waals surface area contributed by atoms with E-state index in [1.54, 1.807) is 0 Å². The number of ether oxygens (including phenoxy) is 3. The molecule has 33 heavy (non-hydrogen) atoms. The number of rotatable bonds is 20. The Morgan fingerprint density at radius 1 is 0.455 bits per heavy atom. The molecule has 192 valence electrons. The van der Waals surface area contributed by atoms with Crippen molar-refractivity contribution in [2.45, 2.75) is 92.9 Å². The van der Waals surface area contributed by atoms with E-state index in [1.165, 1.54) is 0 Å². The molecular formula is C26H46O7. The molecule has 0 amide bonds. The summed E-state index contributed by atoms with van der Waals surface area (Å²) in [7, 11) is 0. The SMILES string of the molecule is CC(C)(C)C(=O)CCOCCCC(=O)CCOCCC(=O)CCCOCCC(=O)C(C)(C)C. The molecule has 0 radical (unpaired) electrons. The number of Topliss-reactive ketones (excluding diaryl/α,β-unsaturated/α-hetero) is 4. The van der Waals surface area contributed by atoms with Crippen LogP contribution in [0.3, 0.4) is 0 Å². The first-order valence-corrected chi connectivity index (χ1v) is 12.2. The lowest BCUT2D eigenvalue weighted by Crippen LogP contribution is -2.21. The van der Waals surface area contributed by atoms with Crippen molar-refractivity contribution >= 4 is 23.1 Å². The molecule has 0 saturated heterocycles. The fourth-order valence-electron chi connectivity index (χ4n) is 2.75. The zero-order chi connectivity index (χ0) is 25.3. The van der Waals surface area contributed by atoms with Crippen molar-refractivity contribution in [3.63, 3.8) is 0 Å². The topological polar surface area (TPSA) is 96.0 Å². The molecule has 0 aliphatic carbocycles. The van der Waals surface area contributed by atoms with E-state index < -0.39 is 0 Å². The first-order chi connectivity index (χ1) is 15.3. The van der Waals surface area contributed by atoms with Gasteiger partial charge >= 0.3 is 0 Å². The highest BCUT2D eigenvalue weighted by molar-refractivity contribution is 5.84. The Kier molecular flexibility index (Phi) is 16.3. The van der Waals surface area contributed by atoms with Crippen LogP contribution in [0, 0.1) is 10.8 Å². The highest BCUT2D eigenvalue weighted by atomic mass is 16.5. The first kappa shape index (κ1) is 31.6. The molecular weight excluding hydrogens is 424 g/mol. The largest absolute Gasteiger partial charge is 0.381 e. The van der Waals surface area contributed by atoms with E-state index in [9.17, 15) is 19.2 Å². The Hall–Kier alpha value is -1.44. The average Bonchev–Trinajstić information content (AvgIpc) is 2.70. The van der Waals surface area contributed by atoms with Crippen LogP contribution in [0.2, 0.25) is 0 Å². The second-order valence-electron chi connectivity index (χ2n) is 10.5. The van der Waals surface area contributed by atoms with Crippen LogP contribution in [0.5, 0.6) is 0 Å². The van der Waals surface area contributed by atoms with E-state index in [1.807, 2.05) is 41.5 Å². The fourth-order valence-corrected chi connectivity index (χ4v) is 2.75. The van der Waals surface area contributed by atoms with Crippen LogP contribution in [0.25, 0.3) is 0 Å². The number of hydrogen-bond donors (Lipinski definition) is 0. The van der Waals surface area contributed by atoms with Gasteiger partial charge in [0.2, 0.25) is 0 Å². The van der Waals surface area contributed by atoms with Crippen molar-refractivity contribution in [2.75, 3.05) is 39.6 Å². The number of carbonyl (C=O) groups is 4. The number of ketones is 4. The Balaban J connectivity index is 3.52. The van der Waals surface area contributed by atoms with Crippen LogP contribution >= 0.6 is 0 Å². The molecule has 0 heterocycles. The van der Waals surface area contributed by atoms with Gasteiger partial charge in [0.1, 0.15) is 23.1 Å². The molecule has 0 atom stereocenters. The molecule has 0 spiro atoms. The fraction of sp³-hybridized carbons (Fsp3) is 0.846. The maximum absolute atomic E-state index is 11.8. The van der Waals surface area contributed by atoms with Crippen LogP contribution in [0.4, 0.5) is 0 Å². The summed E-state index contributed by atoms with van der Waals surface area (Å²) in [5.41, 5.74) is -0.681. The lowest BCUT2D eigenvalue weighted by Gasteiger charge is -2.16. The second-order valence-corrected chi connectivity index (χ2v) is 10.5. The third-order valence-corrected chi connectivity index (χ3v) is 5.16. The van der Waals surface area contributed by atoms with Crippen LogP contribution in [-0.4, -0.2) is 62.8 Å². The average molecular weight is 471 g/mol. The molecule has 0 aromatic rings. The molecule has 7 nitrogen and oxygen atoms in total. The van der Waals surface area contributed by atoms with Crippen molar-refractivity contribution in [1.29, 1.82) is 0 Å². The monoisotopic (exact) mass is 470 g/mol. The predicted octanol–water partition coefficient (Wildman–Crippen LogP) is 4.53. The maximum Gasteiger partial charge on any atom is 0.140 e. The van der Waals surface area contributed by atoms with Gasteiger partial charge in [-0.15, -0.1) is 0 Å². The highest BCUT2D eigenvalue weighted by Gasteiger charge is 2.21. The summed E-state index contributed by atoms with van der Waals surface area (Å²) in [5.74, 6) is 0.564. The van der Waals surface area contributed by atoms with E-state index >= 15 is 0 Å². The van der Waals surface area contributed by atoms with E-state index in [0.717, 1.165) is 0 Å². The summed E-state index contributed by atoms with van der Waals surface area (Å²) >= 11 is 0. The van der Waals surface area contributed by atoms with Crippen molar-refractivity contribution in [2.24, 2.45) is 10.8 Å². The highest BCUT2D eigenvalue weighted by Crippen LogP contribution is 2.17. The lowest BCUT2D eigenvalue weighted by molar-refractivity contribution is -0.128. The van der Waals surface area contributed by atoms with Gasteiger partial charge in [-0.2, -0.15) is 0 Å². The standard InChI is InChI=1S/C26H46O7/c1-25(2,3)23(29)13-19-31-15-7-9-21(27)11-17-33-18-12-22(28)10-8-16-32-20-14-24(30)26(4,5)6/h7-20H2,1-6H3. The Morgan fingerprint density at radius 2 is 0.758 bits per heavy atom. The van der Waals surface area contributed by atoms with Gasteiger partial charge < -0.3 is 14.2 Å². The number of carbonyl (C=O) groups excluding carboxylic acids is 4. The molecule has 0 unspecified atom stereocenters. The van der Waals surface area contributed by atoms with E-state index in [0.29, 0.717) is 91.0 Å². The van der Waals surface area contributed by atoms with E-state index in [4.69, 9.17) is 14.2 Å². The summed E-state index contributed by atoms with van der Waals surface area (Å²) in [6.45, 7) is 13.7. The zero-order valence-corrected chi connectivity index (χ0v) is 21.8. The Labute approximate surface area is 200 Å². The summed E-state index contributed by atoms with van der Waals surface area (Å²) < 4.78 is 16.3. The van der Waals surface area contributed by atoms with Gasteiger partial charge in [-0.05, 0) is 12.8 Å². The molecule has 0 bridgehead atoms. The van der Waals surface area contributed by atoms with Crippen molar-refractivity contribution < 1.29 is 33.4 Å². The molecule has 0 aromatic heterocycles. The second kappa shape index (κ2) is 17.1. The van der Waals surface area contributed by atoms with Gasteiger partial charge in [-0.1, -0.05) is 41.5 Å². The summed E-state index contributed by atoms with van der Waals surface area (Å²) in [5, 5.41) is 0. The summed E-state index contributed by atoms with van der Waals surface area (Å²) in [4.78, 5) is 47.2. The maximum atomic E-state index is 11.8. The van der Waals surface area contributed by atoms with Gasteiger partial charge in [0.15, 0.2) is 0 Å². The predicted molar refractivity (Wildman–Crippen MR) is 128 cm³/mol. The summed E-state index contributed by atoms with van der Waals surface area (Å²) in [6.07, 6.45) is 3.58. The first-order valence-electron chi connectivity index (χ1n) is 12.2. The Bertz CT molecular complexity index is 545. The zero-order valence-electron chi connectivity index (χ0n) is 21.8. The molecule has 0 rings (SSSR count). The van der Waals surface area contributed by atoms with Gasteiger partial charge in [0.25, 0.3) is 0 Å². The third kappa shape index (κ3) is 18.6. The molecule has 7 heteroatoms. The van der Waals surface area contributed by atoms with Gasteiger partial charge in [0.05, 0.1) is 26.4 Å². The summed E-state index contributed by atoms with van der Waals surface area (Å²) in [6, 6.07) is 0. The van der Waals surface area contributed by atoms with Crippen LogP contribution < -0.4 is 0 Å². The Morgan fingerprint density at radius 3 is 1.09 bits per heavy atom. The smallest absolute Gasteiger partial charge is 0.140 e. The van der Waals surface area contributed by atoms with E-state index in [2.05, 4.69) is 0 Å².